The Bertz CT molecular complexity index is 1080. The quantitative estimate of drug-likeness (QED) is 0.486. The van der Waals surface area contributed by atoms with Gasteiger partial charge < -0.3 is 14.8 Å². The highest BCUT2D eigenvalue weighted by Crippen LogP contribution is 2.20. The average Bonchev–Trinajstić information content (AvgIpc) is 3.33. The minimum Gasteiger partial charge on any atom is -0.489 e. The zero-order valence-corrected chi connectivity index (χ0v) is 16.1. The normalized spacial score (nSPS) is 10.4. The van der Waals surface area contributed by atoms with Crippen LogP contribution in [0.2, 0.25) is 0 Å². The van der Waals surface area contributed by atoms with E-state index in [4.69, 9.17) is 9.47 Å². The molecule has 7 nitrogen and oxygen atoms in total. The van der Waals surface area contributed by atoms with Crippen LogP contribution >= 0.6 is 0 Å². The first-order valence-corrected chi connectivity index (χ1v) is 9.43. The Morgan fingerprint density at radius 2 is 1.57 bits per heavy atom. The van der Waals surface area contributed by atoms with Crippen LogP contribution in [-0.2, 0) is 11.4 Å². The van der Waals surface area contributed by atoms with Crippen molar-refractivity contribution < 1.29 is 14.3 Å². The van der Waals surface area contributed by atoms with Crippen molar-refractivity contribution in [3.05, 3.63) is 96.8 Å². The van der Waals surface area contributed by atoms with Gasteiger partial charge in [-0.2, -0.15) is 0 Å². The molecule has 0 saturated carbocycles. The Hall–Kier alpha value is -4.13. The van der Waals surface area contributed by atoms with E-state index in [1.54, 1.807) is 35.3 Å². The molecule has 0 aliphatic rings. The van der Waals surface area contributed by atoms with Gasteiger partial charge >= 0.3 is 0 Å². The summed E-state index contributed by atoms with van der Waals surface area (Å²) in [4.78, 5) is 12.3. The van der Waals surface area contributed by atoms with Gasteiger partial charge in [0.25, 0.3) is 5.91 Å². The van der Waals surface area contributed by atoms with E-state index < -0.39 is 0 Å². The summed E-state index contributed by atoms with van der Waals surface area (Å²) in [7, 11) is 0. The van der Waals surface area contributed by atoms with Crippen molar-refractivity contribution >= 4 is 11.6 Å². The summed E-state index contributed by atoms with van der Waals surface area (Å²) in [5, 5.41) is 10.6. The lowest BCUT2D eigenvalue weighted by molar-refractivity contribution is -0.118. The standard InChI is InChI=1S/C23H20N4O3/c28-23(25-21-8-4-5-9-22(21)27-15-14-24-26-27)17-30-20-12-10-19(11-13-20)29-16-18-6-2-1-3-7-18/h1-15H,16-17H2,(H,25,28). The number of ether oxygens (including phenoxy) is 2. The van der Waals surface area contributed by atoms with Gasteiger partial charge in [0.05, 0.1) is 23.8 Å². The fourth-order valence-electron chi connectivity index (χ4n) is 2.82. The van der Waals surface area contributed by atoms with Crippen LogP contribution < -0.4 is 14.8 Å². The zero-order valence-electron chi connectivity index (χ0n) is 16.1. The number of nitrogens with one attached hydrogen (secondary N) is 1. The van der Waals surface area contributed by atoms with E-state index in [0.29, 0.717) is 18.0 Å². The number of amides is 1. The van der Waals surface area contributed by atoms with Crippen LogP contribution in [0.3, 0.4) is 0 Å². The lowest BCUT2D eigenvalue weighted by atomic mass is 10.2. The molecule has 0 unspecified atom stereocenters. The minimum absolute atomic E-state index is 0.115. The van der Waals surface area contributed by atoms with Crippen molar-refractivity contribution in [1.29, 1.82) is 0 Å². The van der Waals surface area contributed by atoms with E-state index in [1.165, 1.54) is 0 Å². The molecular formula is C23H20N4O3. The summed E-state index contributed by atoms with van der Waals surface area (Å²) in [6.45, 7) is 0.380. The summed E-state index contributed by atoms with van der Waals surface area (Å²) in [6, 6.07) is 24.5. The molecule has 4 rings (SSSR count). The largest absolute Gasteiger partial charge is 0.489 e. The van der Waals surface area contributed by atoms with Crippen LogP contribution in [-0.4, -0.2) is 27.5 Å². The zero-order chi connectivity index (χ0) is 20.6. The number of aromatic nitrogens is 3. The molecule has 1 heterocycles. The fourth-order valence-corrected chi connectivity index (χ4v) is 2.82. The molecule has 0 bridgehead atoms. The molecule has 0 atom stereocenters. The van der Waals surface area contributed by atoms with E-state index in [2.05, 4.69) is 15.6 Å². The van der Waals surface area contributed by atoms with E-state index in [0.717, 1.165) is 17.0 Å². The third kappa shape index (κ3) is 5.02. The maximum atomic E-state index is 12.3. The number of rotatable bonds is 8. The van der Waals surface area contributed by atoms with Gasteiger partial charge in [0, 0.05) is 0 Å². The molecule has 0 fully saturated rings. The van der Waals surface area contributed by atoms with Gasteiger partial charge in [-0.1, -0.05) is 47.7 Å². The average molecular weight is 400 g/mol. The molecule has 4 aromatic rings. The summed E-state index contributed by atoms with van der Waals surface area (Å²) >= 11 is 0. The highest BCUT2D eigenvalue weighted by molar-refractivity contribution is 5.93. The van der Waals surface area contributed by atoms with Gasteiger partial charge in [0.1, 0.15) is 18.1 Å². The Morgan fingerprint density at radius 3 is 2.30 bits per heavy atom. The second-order valence-corrected chi connectivity index (χ2v) is 6.45. The predicted octanol–water partition coefficient (Wildman–Crippen LogP) is 3.86. The number of nitrogens with zero attached hydrogens (tertiary/aromatic N) is 3. The third-order valence-electron chi connectivity index (χ3n) is 4.29. The first kappa shape index (κ1) is 19.2. The maximum absolute atomic E-state index is 12.3. The fraction of sp³-hybridized carbons (Fsp3) is 0.0870. The van der Waals surface area contributed by atoms with E-state index in [9.17, 15) is 4.79 Å². The molecular weight excluding hydrogens is 380 g/mol. The Labute approximate surface area is 173 Å². The summed E-state index contributed by atoms with van der Waals surface area (Å²) in [5.41, 5.74) is 2.45. The monoisotopic (exact) mass is 400 g/mol. The van der Waals surface area contributed by atoms with Crippen molar-refractivity contribution in [1.82, 2.24) is 15.0 Å². The predicted molar refractivity (Wildman–Crippen MR) is 113 cm³/mol. The summed E-state index contributed by atoms with van der Waals surface area (Å²) < 4.78 is 12.9. The molecule has 150 valence electrons. The molecule has 7 heteroatoms. The van der Waals surface area contributed by atoms with Crippen LogP contribution in [0.25, 0.3) is 5.69 Å². The molecule has 1 amide bonds. The smallest absolute Gasteiger partial charge is 0.262 e. The Kier molecular flexibility index (Phi) is 6.00. The van der Waals surface area contributed by atoms with Gasteiger partial charge in [-0.25, -0.2) is 4.68 Å². The van der Waals surface area contributed by atoms with Gasteiger partial charge in [-0.15, -0.1) is 5.10 Å². The molecule has 0 aliphatic heterocycles. The van der Waals surface area contributed by atoms with Crippen molar-refractivity contribution in [3.63, 3.8) is 0 Å². The topological polar surface area (TPSA) is 78.3 Å². The lowest BCUT2D eigenvalue weighted by Gasteiger charge is -2.11. The van der Waals surface area contributed by atoms with Gasteiger partial charge in [0.15, 0.2) is 6.61 Å². The Balaban J connectivity index is 1.29. The van der Waals surface area contributed by atoms with Crippen molar-refractivity contribution in [2.24, 2.45) is 0 Å². The number of carbonyl (C=O) groups is 1. The van der Waals surface area contributed by atoms with Crippen molar-refractivity contribution in [3.8, 4) is 17.2 Å². The molecule has 3 aromatic carbocycles. The molecule has 1 N–H and O–H groups in total. The van der Waals surface area contributed by atoms with Crippen molar-refractivity contribution in [2.45, 2.75) is 6.61 Å². The van der Waals surface area contributed by atoms with Crippen LogP contribution in [0.4, 0.5) is 5.69 Å². The molecule has 1 aromatic heterocycles. The maximum Gasteiger partial charge on any atom is 0.262 e. The summed E-state index contributed by atoms with van der Waals surface area (Å²) in [6.07, 6.45) is 3.29. The number of anilines is 1. The first-order chi connectivity index (χ1) is 14.8. The van der Waals surface area contributed by atoms with Gasteiger partial charge in [-0.05, 0) is 42.0 Å². The van der Waals surface area contributed by atoms with Gasteiger partial charge in [-0.3, -0.25) is 4.79 Å². The van der Waals surface area contributed by atoms with E-state index in [-0.39, 0.29) is 12.5 Å². The van der Waals surface area contributed by atoms with Crippen LogP contribution in [0, 0.1) is 0 Å². The molecule has 30 heavy (non-hydrogen) atoms. The molecule has 0 aliphatic carbocycles. The van der Waals surface area contributed by atoms with Crippen molar-refractivity contribution in [2.75, 3.05) is 11.9 Å². The van der Waals surface area contributed by atoms with Crippen LogP contribution in [0.15, 0.2) is 91.3 Å². The lowest BCUT2D eigenvalue weighted by Crippen LogP contribution is -2.21. The highest BCUT2D eigenvalue weighted by atomic mass is 16.5. The first-order valence-electron chi connectivity index (χ1n) is 9.43. The number of hydrogen-bond donors (Lipinski definition) is 1. The van der Waals surface area contributed by atoms with E-state index >= 15 is 0 Å². The SMILES string of the molecule is O=C(COc1ccc(OCc2ccccc2)cc1)Nc1ccccc1-n1ccnn1. The summed E-state index contributed by atoms with van der Waals surface area (Å²) in [5.74, 6) is 1.05. The second-order valence-electron chi connectivity index (χ2n) is 6.45. The second kappa shape index (κ2) is 9.38. The van der Waals surface area contributed by atoms with E-state index in [1.807, 2.05) is 60.7 Å². The molecule has 0 spiro atoms. The highest BCUT2D eigenvalue weighted by Gasteiger charge is 2.09. The number of carbonyl (C=O) groups excluding carboxylic acids is 1. The number of para-hydroxylation sites is 2. The minimum atomic E-state index is -0.271. The third-order valence-corrected chi connectivity index (χ3v) is 4.29. The Morgan fingerprint density at radius 1 is 0.867 bits per heavy atom. The molecule has 0 saturated heterocycles. The van der Waals surface area contributed by atoms with Crippen LogP contribution in [0.5, 0.6) is 11.5 Å². The van der Waals surface area contributed by atoms with Gasteiger partial charge in [0.2, 0.25) is 0 Å². The number of hydrogen-bond acceptors (Lipinski definition) is 5. The van der Waals surface area contributed by atoms with Crippen LogP contribution in [0.1, 0.15) is 5.56 Å². The molecule has 0 radical (unpaired) electrons. The number of benzene rings is 3.